The van der Waals surface area contributed by atoms with Crippen LogP contribution in [-0.4, -0.2) is 52.3 Å². The average Bonchev–Trinajstić information content (AvgIpc) is 2.80. The number of aliphatic hydroxyl groups is 1. The molecule has 6 heteroatoms. The van der Waals surface area contributed by atoms with Crippen LogP contribution in [0.5, 0.6) is 0 Å². The fourth-order valence-corrected chi connectivity index (χ4v) is 4.72. The number of Topliss-reactive ketones (excluding diaryl/α,β-unsaturated/α-hetero) is 1. The van der Waals surface area contributed by atoms with E-state index in [9.17, 15) is 9.90 Å². The zero-order chi connectivity index (χ0) is 22.6. The minimum atomic E-state index is -1.09. The number of aliphatic hydroxyl groups excluding tert-OH is 1. The lowest BCUT2D eigenvalue weighted by molar-refractivity contribution is -0.118. The van der Waals surface area contributed by atoms with E-state index in [4.69, 9.17) is 11.1 Å². The van der Waals surface area contributed by atoms with Crippen molar-refractivity contribution in [1.82, 2.24) is 9.88 Å². The number of hydrogen-bond acceptors (Lipinski definition) is 5. The molecule has 0 bridgehead atoms. The number of pyridine rings is 1. The van der Waals surface area contributed by atoms with Crippen molar-refractivity contribution < 1.29 is 9.90 Å². The number of allylic oxidation sites excluding steroid dienone is 3. The van der Waals surface area contributed by atoms with E-state index in [0.29, 0.717) is 17.7 Å². The quantitative estimate of drug-likeness (QED) is 0.335. The van der Waals surface area contributed by atoms with Crippen LogP contribution in [0.3, 0.4) is 0 Å². The molecule has 4 N–H and O–H groups in total. The number of ketones is 1. The molecule has 1 aliphatic carbocycles. The van der Waals surface area contributed by atoms with E-state index in [1.807, 2.05) is 42.5 Å². The summed E-state index contributed by atoms with van der Waals surface area (Å²) in [6.45, 7) is 2.91. The van der Waals surface area contributed by atoms with Gasteiger partial charge in [-0.3, -0.25) is 10.2 Å². The maximum atomic E-state index is 13.6. The molecule has 2 aliphatic rings. The van der Waals surface area contributed by atoms with Crippen LogP contribution in [0.4, 0.5) is 0 Å². The first-order valence-corrected chi connectivity index (χ1v) is 11.5. The Morgan fingerprint density at radius 1 is 1.16 bits per heavy atom. The summed E-state index contributed by atoms with van der Waals surface area (Å²) in [7, 11) is 0. The van der Waals surface area contributed by atoms with Crippen LogP contribution < -0.4 is 5.73 Å². The minimum Gasteiger partial charge on any atom is -0.393 e. The third-order valence-corrected chi connectivity index (χ3v) is 6.75. The van der Waals surface area contributed by atoms with Gasteiger partial charge in [-0.1, -0.05) is 49.3 Å². The number of hydrogen-bond donors (Lipinski definition) is 3. The second-order valence-corrected chi connectivity index (χ2v) is 8.93. The fraction of sp³-hybridized carbons (Fsp3) is 0.423. The molecule has 1 aromatic heterocycles. The molecule has 0 radical (unpaired) electrons. The number of aromatic nitrogens is 1. The molecule has 1 aliphatic heterocycles. The Kier molecular flexibility index (Phi) is 6.82. The van der Waals surface area contributed by atoms with Gasteiger partial charge in [0, 0.05) is 24.0 Å². The summed E-state index contributed by atoms with van der Waals surface area (Å²) in [6, 6.07) is 11.7. The average molecular weight is 433 g/mol. The van der Waals surface area contributed by atoms with E-state index in [0.717, 1.165) is 62.6 Å². The summed E-state index contributed by atoms with van der Waals surface area (Å²) >= 11 is 0. The van der Waals surface area contributed by atoms with Crippen molar-refractivity contribution in [3.8, 4) is 0 Å². The molecule has 1 atom stereocenters. The lowest BCUT2D eigenvalue weighted by Gasteiger charge is -2.31. The standard InChI is InChI=1S/C26H32N4O2/c27-25(28)26(14-4-1-5-16-30-17-12-20(31)13-18-30)15-6-8-21(24(26)32)23-11-10-19-7-2-3-9-22(19)29-23/h2-3,6-11,15,20,31H,1,4-5,12-14,16-18H2,(H3,27,28). The maximum absolute atomic E-state index is 13.6. The Balaban J connectivity index is 1.40. The number of piperidine rings is 1. The summed E-state index contributed by atoms with van der Waals surface area (Å²) in [5, 5.41) is 18.9. The zero-order valence-electron chi connectivity index (χ0n) is 18.5. The number of nitrogens with two attached hydrogens (primary N) is 1. The number of unbranched alkanes of at least 4 members (excludes halogenated alkanes) is 2. The second kappa shape index (κ2) is 9.76. The van der Waals surface area contributed by atoms with Gasteiger partial charge < -0.3 is 15.7 Å². The van der Waals surface area contributed by atoms with Crippen LogP contribution in [-0.2, 0) is 4.79 Å². The zero-order valence-corrected chi connectivity index (χ0v) is 18.5. The van der Waals surface area contributed by atoms with Crippen LogP contribution in [0.15, 0.2) is 54.6 Å². The number of benzene rings is 1. The van der Waals surface area contributed by atoms with Gasteiger partial charge in [0.05, 0.1) is 17.3 Å². The van der Waals surface area contributed by atoms with Crippen LogP contribution in [0.25, 0.3) is 16.5 Å². The first kappa shape index (κ1) is 22.4. The fourth-order valence-electron chi connectivity index (χ4n) is 4.72. The summed E-state index contributed by atoms with van der Waals surface area (Å²) in [5.41, 5.74) is 6.88. The van der Waals surface area contributed by atoms with Gasteiger partial charge in [0.25, 0.3) is 0 Å². The predicted molar refractivity (Wildman–Crippen MR) is 128 cm³/mol. The normalized spacial score (nSPS) is 22.3. The number of nitrogens with zero attached hydrogens (tertiary/aromatic N) is 2. The van der Waals surface area contributed by atoms with Crippen molar-refractivity contribution in [2.75, 3.05) is 19.6 Å². The van der Waals surface area contributed by atoms with Crippen molar-refractivity contribution in [3.63, 3.8) is 0 Å². The highest BCUT2D eigenvalue weighted by Gasteiger charge is 2.42. The van der Waals surface area contributed by atoms with Gasteiger partial charge in [0.2, 0.25) is 0 Å². The number of fused-ring (bicyclic) bond motifs is 1. The van der Waals surface area contributed by atoms with Gasteiger partial charge in [0.15, 0.2) is 5.78 Å². The largest absolute Gasteiger partial charge is 0.393 e. The maximum Gasteiger partial charge on any atom is 0.182 e. The van der Waals surface area contributed by atoms with Gasteiger partial charge >= 0.3 is 0 Å². The third kappa shape index (κ3) is 4.66. The van der Waals surface area contributed by atoms with E-state index in [-0.39, 0.29) is 17.7 Å². The molecule has 2 heterocycles. The molecule has 1 aromatic carbocycles. The molecular formula is C26H32N4O2. The summed E-state index contributed by atoms with van der Waals surface area (Å²) in [5.74, 6) is -0.240. The molecule has 168 valence electrons. The van der Waals surface area contributed by atoms with Gasteiger partial charge in [-0.15, -0.1) is 0 Å². The second-order valence-electron chi connectivity index (χ2n) is 8.93. The highest BCUT2D eigenvalue weighted by Crippen LogP contribution is 2.37. The van der Waals surface area contributed by atoms with Gasteiger partial charge in [0.1, 0.15) is 11.3 Å². The smallest absolute Gasteiger partial charge is 0.182 e. The molecule has 6 nitrogen and oxygen atoms in total. The van der Waals surface area contributed by atoms with Gasteiger partial charge in [-0.2, -0.15) is 0 Å². The van der Waals surface area contributed by atoms with Crippen LogP contribution in [0.2, 0.25) is 0 Å². The summed E-state index contributed by atoms with van der Waals surface area (Å²) in [6.07, 6.45) is 10.3. The van der Waals surface area contributed by atoms with Crippen molar-refractivity contribution >= 4 is 28.1 Å². The van der Waals surface area contributed by atoms with E-state index in [1.54, 1.807) is 12.2 Å². The van der Waals surface area contributed by atoms with Crippen molar-refractivity contribution in [3.05, 3.63) is 60.3 Å². The third-order valence-electron chi connectivity index (χ3n) is 6.75. The minimum absolute atomic E-state index is 0.102. The molecule has 1 saturated heterocycles. The van der Waals surface area contributed by atoms with E-state index in [1.165, 1.54) is 0 Å². The highest BCUT2D eigenvalue weighted by atomic mass is 16.3. The molecule has 32 heavy (non-hydrogen) atoms. The van der Waals surface area contributed by atoms with Crippen LogP contribution in [0.1, 0.15) is 44.2 Å². The number of rotatable bonds is 8. The predicted octanol–water partition coefficient (Wildman–Crippen LogP) is 3.70. The van der Waals surface area contributed by atoms with Crippen LogP contribution >= 0.6 is 0 Å². The van der Waals surface area contributed by atoms with E-state index < -0.39 is 5.41 Å². The monoisotopic (exact) mass is 432 g/mol. The number of carbonyl (C=O) groups is 1. The number of para-hydroxylation sites is 1. The molecule has 1 unspecified atom stereocenters. The Labute approximate surface area is 189 Å². The molecule has 2 aromatic rings. The Morgan fingerprint density at radius 2 is 1.94 bits per heavy atom. The van der Waals surface area contributed by atoms with Crippen LogP contribution in [0, 0.1) is 10.8 Å². The molecule has 0 amide bonds. The lowest BCUT2D eigenvalue weighted by Crippen LogP contribution is -2.43. The molecule has 1 fully saturated rings. The number of nitrogens with one attached hydrogen (secondary N) is 1. The molecule has 4 rings (SSSR count). The van der Waals surface area contributed by atoms with Crippen molar-refractivity contribution in [2.45, 2.75) is 44.6 Å². The lowest BCUT2D eigenvalue weighted by atomic mass is 9.72. The highest BCUT2D eigenvalue weighted by molar-refractivity contribution is 6.31. The first-order valence-electron chi connectivity index (χ1n) is 11.5. The van der Waals surface area contributed by atoms with E-state index >= 15 is 0 Å². The number of likely N-dealkylation sites (tertiary alicyclic amines) is 1. The molecule has 0 saturated carbocycles. The van der Waals surface area contributed by atoms with Crippen molar-refractivity contribution in [1.29, 1.82) is 5.41 Å². The Hall–Kier alpha value is -2.83. The van der Waals surface area contributed by atoms with E-state index in [2.05, 4.69) is 9.88 Å². The number of carbonyl (C=O) groups excluding carboxylic acids is 1. The summed E-state index contributed by atoms with van der Waals surface area (Å²) < 4.78 is 0. The molecule has 0 spiro atoms. The van der Waals surface area contributed by atoms with Gasteiger partial charge in [-0.25, -0.2) is 4.98 Å². The van der Waals surface area contributed by atoms with Gasteiger partial charge in [-0.05, 0) is 50.4 Å². The topological polar surface area (TPSA) is 103 Å². The SMILES string of the molecule is N=C(N)C1(CCCCCN2CCC(O)CC2)C=CC=C(c2ccc3ccccc3n2)C1=O. The summed E-state index contributed by atoms with van der Waals surface area (Å²) in [4.78, 5) is 20.6. The Bertz CT molecular complexity index is 1050. The van der Waals surface area contributed by atoms with Crippen molar-refractivity contribution in [2.24, 2.45) is 11.1 Å². The first-order chi connectivity index (χ1) is 15.5. The number of amidine groups is 1. The Morgan fingerprint density at radius 3 is 2.72 bits per heavy atom. The molecular weight excluding hydrogens is 400 g/mol.